The third-order valence-electron chi connectivity index (χ3n) is 4.18. The summed E-state index contributed by atoms with van der Waals surface area (Å²) in [4.78, 5) is 23.9. The van der Waals surface area contributed by atoms with E-state index in [1.807, 2.05) is 30.3 Å². The summed E-state index contributed by atoms with van der Waals surface area (Å²) < 4.78 is 27.8. The van der Waals surface area contributed by atoms with Crippen LogP contribution in [0.15, 0.2) is 35.4 Å². The van der Waals surface area contributed by atoms with Crippen LogP contribution in [-0.2, 0) is 24.2 Å². The molecule has 0 bridgehead atoms. The van der Waals surface area contributed by atoms with Crippen LogP contribution < -0.4 is 0 Å². The van der Waals surface area contributed by atoms with Gasteiger partial charge in [-0.05, 0) is 12.0 Å². The summed E-state index contributed by atoms with van der Waals surface area (Å²) in [6.45, 7) is 0.114. The molecule has 0 radical (unpaired) electrons. The normalized spacial score (nSPS) is 21.5. The van der Waals surface area contributed by atoms with E-state index in [-0.39, 0.29) is 35.0 Å². The van der Waals surface area contributed by atoms with Crippen molar-refractivity contribution in [3.8, 4) is 0 Å². The standard InChI is InChI=1S/C17H20N2O5S2/c20-16(19-8-6-15(18-19)13-4-2-1-3-5-13)10-24-17(21)11-25-14-7-9-26(22,23)12-14/h1-5,14H,6-12H2/t14-/m0/s1. The lowest BCUT2D eigenvalue weighted by Gasteiger charge is -2.12. The molecule has 140 valence electrons. The summed E-state index contributed by atoms with van der Waals surface area (Å²) in [7, 11) is -2.96. The van der Waals surface area contributed by atoms with E-state index in [4.69, 9.17) is 4.74 Å². The Morgan fingerprint density at radius 1 is 1.27 bits per heavy atom. The van der Waals surface area contributed by atoms with E-state index in [0.717, 1.165) is 11.3 Å². The monoisotopic (exact) mass is 396 g/mol. The first kappa shape index (κ1) is 18.9. The minimum absolute atomic E-state index is 0.0476. The van der Waals surface area contributed by atoms with Gasteiger partial charge in [-0.25, -0.2) is 13.4 Å². The van der Waals surface area contributed by atoms with Crippen molar-refractivity contribution in [3.05, 3.63) is 35.9 Å². The molecule has 1 aromatic carbocycles. The van der Waals surface area contributed by atoms with Gasteiger partial charge in [-0.15, -0.1) is 11.8 Å². The van der Waals surface area contributed by atoms with Gasteiger partial charge in [0.1, 0.15) is 0 Å². The summed E-state index contributed by atoms with van der Waals surface area (Å²) in [6, 6.07) is 9.62. The highest BCUT2D eigenvalue weighted by Gasteiger charge is 2.29. The fourth-order valence-electron chi connectivity index (χ4n) is 2.81. The molecular weight excluding hydrogens is 376 g/mol. The molecule has 2 heterocycles. The molecule has 0 spiro atoms. The molecule has 0 saturated carbocycles. The molecule has 0 unspecified atom stereocenters. The number of carbonyl (C=O) groups is 2. The van der Waals surface area contributed by atoms with Gasteiger partial charge in [-0.3, -0.25) is 9.59 Å². The average molecular weight is 396 g/mol. The lowest BCUT2D eigenvalue weighted by Crippen LogP contribution is -2.29. The van der Waals surface area contributed by atoms with E-state index in [1.54, 1.807) is 0 Å². The van der Waals surface area contributed by atoms with E-state index in [9.17, 15) is 18.0 Å². The quantitative estimate of drug-likeness (QED) is 0.668. The second-order valence-corrected chi connectivity index (χ2v) is 9.69. The maximum atomic E-state index is 12.1. The number of hydrogen-bond acceptors (Lipinski definition) is 7. The van der Waals surface area contributed by atoms with Crippen LogP contribution in [0.1, 0.15) is 18.4 Å². The zero-order valence-corrected chi connectivity index (χ0v) is 15.8. The molecule has 7 nitrogen and oxygen atoms in total. The van der Waals surface area contributed by atoms with E-state index in [1.165, 1.54) is 16.8 Å². The van der Waals surface area contributed by atoms with Crippen molar-refractivity contribution in [2.45, 2.75) is 18.1 Å². The second-order valence-electron chi connectivity index (χ2n) is 6.18. The van der Waals surface area contributed by atoms with Gasteiger partial charge in [0.05, 0.1) is 29.5 Å². The summed E-state index contributed by atoms with van der Waals surface area (Å²) in [5.74, 6) is -0.549. The molecule has 0 aromatic heterocycles. The summed E-state index contributed by atoms with van der Waals surface area (Å²) in [5.41, 5.74) is 1.81. The van der Waals surface area contributed by atoms with Crippen molar-refractivity contribution in [3.63, 3.8) is 0 Å². The summed E-state index contributed by atoms with van der Waals surface area (Å²) in [5, 5.41) is 5.55. The van der Waals surface area contributed by atoms with Gasteiger partial charge in [0, 0.05) is 11.7 Å². The molecule has 1 fully saturated rings. The van der Waals surface area contributed by atoms with Crippen molar-refractivity contribution < 1.29 is 22.7 Å². The Kier molecular flexibility index (Phi) is 5.98. The molecule has 2 aliphatic heterocycles. The number of benzene rings is 1. The van der Waals surface area contributed by atoms with Crippen LogP contribution in [0.3, 0.4) is 0 Å². The number of carbonyl (C=O) groups excluding carboxylic acids is 2. The Bertz CT molecular complexity index is 808. The van der Waals surface area contributed by atoms with Crippen LogP contribution in [-0.4, -0.2) is 66.7 Å². The summed E-state index contributed by atoms with van der Waals surface area (Å²) >= 11 is 1.27. The van der Waals surface area contributed by atoms with Crippen LogP contribution in [0.5, 0.6) is 0 Å². The fraction of sp³-hybridized carbons (Fsp3) is 0.471. The maximum Gasteiger partial charge on any atom is 0.316 e. The van der Waals surface area contributed by atoms with Gasteiger partial charge < -0.3 is 4.74 Å². The first-order valence-electron chi connectivity index (χ1n) is 8.34. The molecule has 0 aliphatic carbocycles. The summed E-state index contributed by atoms with van der Waals surface area (Å²) in [6.07, 6.45) is 1.22. The Balaban J connectivity index is 1.41. The lowest BCUT2D eigenvalue weighted by molar-refractivity contribution is -0.149. The zero-order chi connectivity index (χ0) is 18.6. The Labute approximate surface area is 156 Å². The fourth-order valence-corrected chi connectivity index (χ4v) is 6.25. The number of ether oxygens (including phenoxy) is 1. The van der Waals surface area contributed by atoms with Crippen molar-refractivity contribution >= 4 is 39.2 Å². The van der Waals surface area contributed by atoms with E-state index >= 15 is 0 Å². The Hall–Kier alpha value is -1.87. The number of nitrogens with zero attached hydrogens (tertiary/aromatic N) is 2. The lowest BCUT2D eigenvalue weighted by atomic mass is 10.1. The van der Waals surface area contributed by atoms with Crippen LogP contribution in [0, 0.1) is 0 Å². The molecule has 1 saturated heterocycles. The topological polar surface area (TPSA) is 93.1 Å². The highest BCUT2D eigenvalue weighted by Crippen LogP contribution is 2.24. The Morgan fingerprint density at radius 3 is 2.73 bits per heavy atom. The number of rotatable bonds is 6. The first-order chi connectivity index (χ1) is 12.4. The van der Waals surface area contributed by atoms with Crippen molar-refractivity contribution in [2.75, 3.05) is 30.4 Å². The highest BCUT2D eigenvalue weighted by molar-refractivity contribution is 8.02. The van der Waals surface area contributed by atoms with Crippen molar-refractivity contribution in [1.82, 2.24) is 5.01 Å². The molecular formula is C17H20N2O5S2. The molecule has 9 heteroatoms. The van der Waals surface area contributed by atoms with Gasteiger partial charge in [0.2, 0.25) is 0 Å². The average Bonchev–Trinajstić information content (AvgIpc) is 3.25. The number of sulfone groups is 1. The largest absolute Gasteiger partial charge is 0.455 e. The molecule has 1 aromatic rings. The van der Waals surface area contributed by atoms with Crippen LogP contribution in [0.2, 0.25) is 0 Å². The molecule has 26 heavy (non-hydrogen) atoms. The third kappa shape index (κ3) is 5.07. The smallest absolute Gasteiger partial charge is 0.316 e. The molecule has 0 N–H and O–H groups in total. The van der Waals surface area contributed by atoms with Gasteiger partial charge in [-0.1, -0.05) is 30.3 Å². The number of hydrazone groups is 1. The van der Waals surface area contributed by atoms with Crippen LogP contribution >= 0.6 is 11.8 Å². The molecule has 3 rings (SSSR count). The van der Waals surface area contributed by atoms with Gasteiger partial charge in [-0.2, -0.15) is 5.10 Å². The minimum Gasteiger partial charge on any atom is -0.455 e. The van der Waals surface area contributed by atoms with Gasteiger partial charge in [0.25, 0.3) is 5.91 Å². The zero-order valence-electron chi connectivity index (χ0n) is 14.2. The number of amides is 1. The van der Waals surface area contributed by atoms with Crippen molar-refractivity contribution in [1.29, 1.82) is 0 Å². The second kappa shape index (κ2) is 8.22. The number of thioether (sulfide) groups is 1. The van der Waals surface area contributed by atoms with Crippen LogP contribution in [0.25, 0.3) is 0 Å². The Morgan fingerprint density at radius 2 is 2.04 bits per heavy atom. The molecule has 1 amide bonds. The minimum atomic E-state index is -2.96. The van der Waals surface area contributed by atoms with Crippen LogP contribution in [0.4, 0.5) is 0 Å². The number of hydrogen-bond donors (Lipinski definition) is 0. The SMILES string of the molecule is O=C(CS[C@H]1CCS(=O)(=O)C1)OCC(=O)N1CCC(c2ccccc2)=N1. The van der Waals surface area contributed by atoms with Gasteiger partial charge >= 0.3 is 5.97 Å². The predicted octanol–water partition coefficient (Wildman–Crippen LogP) is 1.09. The van der Waals surface area contributed by atoms with Gasteiger partial charge in [0.15, 0.2) is 16.4 Å². The molecule has 2 aliphatic rings. The van der Waals surface area contributed by atoms with E-state index in [0.29, 0.717) is 19.4 Å². The maximum absolute atomic E-state index is 12.1. The molecule has 1 atom stereocenters. The third-order valence-corrected chi connectivity index (χ3v) is 7.44. The highest BCUT2D eigenvalue weighted by atomic mass is 32.2. The van der Waals surface area contributed by atoms with E-state index < -0.39 is 15.8 Å². The van der Waals surface area contributed by atoms with Crippen molar-refractivity contribution in [2.24, 2.45) is 5.10 Å². The predicted molar refractivity (Wildman–Crippen MR) is 99.8 cm³/mol. The number of esters is 1. The van der Waals surface area contributed by atoms with E-state index in [2.05, 4.69) is 5.10 Å². The first-order valence-corrected chi connectivity index (χ1v) is 11.2.